The molecule has 4 fully saturated rings. The number of ether oxygens (including phenoxy) is 1. The van der Waals surface area contributed by atoms with Crippen molar-refractivity contribution >= 4 is 17.7 Å². The highest BCUT2D eigenvalue weighted by molar-refractivity contribution is 6.12. The lowest BCUT2D eigenvalue weighted by Crippen LogP contribution is -2.69. The molecular weight excluding hydrogens is 408 g/mol. The van der Waals surface area contributed by atoms with Gasteiger partial charge in [-0.1, -0.05) is 59.7 Å². The summed E-state index contributed by atoms with van der Waals surface area (Å²) in [6.07, 6.45) is 6.64. The predicted molar refractivity (Wildman–Crippen MR) is 128 cm³/mol. The molecule has 3 saturated heterocycles. The molecule has 4 heteroatoms. The quantitative estimate of drug-likeness (QED) is 0.499. The molecule has 33 heavy (non-hydrogen) atoms. The van der Waals surface area contributed by atoms with E-state index in [4.69, 9.17) is 4.74 Å². The lowest BCUT2D eigenvalue weighted by molar-refractivity contribution is -0.123. The zero-order valence-electron chi connectivity index (χ0n) is 18.9. The Morgan fingerprint density at radius 2 is 1.97 bits per heavy atom. The van der Waals surface area contributed by atoms with Gasteiger partial charge in [0.15, 0.2) is 0 Å². The van der Waals surface area contributed by atoms with Crippen LogP contribution in [0.3, 0.4) is 0 Å². The van der Waals surface area contributed by atoms with Crippen LogP contribution in [0.1, 0.15) is 29.5 Å². The number of para-hydroxylation sites is 1. The number of fused-ring (bicyclic) bond motifs is 2. The monoisotopic (exact) mass is 436 g/mol. The molecule has 1 aliphatic carbocycles. The van der Waals surface area contributed by atoms with E-state index in [1.54, 1.807) is 5.57 Å². The van der Waals surface area contributed by atoms with Crippen LogP contribution in [0.25, 0.3) is 6.08 Å². The standard InChI is InChI=1S/C29H28N2O2/c1-17-6-8-18(9-7-17)14-21-26-25-20-15-24-29(11-12-30(24)16-19(20)10-13-33-26)22-4-2-3-5-23(22)31(27(25)29)28(21)32/h2-10,14,20,24-27H,11-13,15-16H2,1H3/t20-,24-,25-,26-,27+,29+/m1/s1. The third-order valence-electron chi connectivity index (χ3n) is 9.63. The fourth-order valence-corrected chi connectivity index (χ4v) is 8.43. The van der Waals surface area contributed by atoms with E-state index in [1.807, 2.05) is 0 Å². The van der Waals surface area contributed by atoms with Gasteiger partial charge in [-0.05, 0) is 55.5 Å². The van der Waals surface area contributed by atoms with Gasteiger partial charge in [-0.25, -0.2) is 0 Å². The molecule has 166 valence electrons. The summed E-state index contributed by atoms with van der Waals surface area (Å²) in [6, 6.07) is 18.0. The SMILES string of the molecule is Cc1ccc(C=C2C(=O)N3c4ccccc4[C@@]45CCN6CC7=CCO[C@H]2[C@@H]([C@@H]7C[C@@H]64)[C@H]35)cc1. The first-order valence-corrected chi connectivity index (χ1v) is 12.4. The number of nitrogens with zero attached hydrogens (tertiary/aromatic N) is 2. The van der Waals surface area contributed by atoms with Crippen molar-refractivity contribution in [3.8, 4) is 0 Å². The van der Waals surface area contributed by atoms with Crippen molar-refractivity contribution in [2.75, 3.05) is 24.6 Å². The predicted octanol–water partition coefficient (Wildman–Crippen LogP) is 4.09. The van der Waals surface area contributed by atoms with E-state index >= 15 is 0 Å². The Hall–Kier alpha value is -2.69. The number of rotatable bonds is 1. The molecule has 0 unspecified atom stereocenters. The average Bonchev–Trinajstić information content (AvgIpc) is 3.29. The number of hydrogen-bond donors (Lipinski definition) is 0. The first-order valence-electron chi connectivity index (χ1n) is 12.4. The molecule has 1 saturated carbocycles. The molecule has 0 aromatic heterocycles. The van der Waals surface area contributed by atoms with Gasteiger partial charge in [0.2, 0.25) is 0 Å². The van der Waals surface area contributed by atoms with Crippen LogP contribution in [0, 0.1) is 18.8 Å². The average molecular weight is 437 g/mol. The van der Waals surface area contributed by atoms with E-state index in [0.717, 1.165) is 36.3 Å². The molecule has 2 aromatic carbocycles. The second-order valence-corrected chi connectivity index (χ2v) is 10.9. The summed E-state index contributed by atoms with van der Waals surface area (Å²) in [5.74, 6) is 0.964. The molecule has 4 nitrogen and oxygen atoms in total. The maximum absolute atomic E-state index is 14.3. The molecule has 2 aromatic rings. The van der Waals surface area contributed by atoms with Gasteiger partial charge in [0, 0.05) is 35.2 Å². The largest absolute Gasteiger partial charge is 0.369 e. The first-order chi connectivity index (χ1) is 16.2. The van der Waals surface area contributed by atoms with Gasteiger partial charge in [-0.15, -0.1) is 0 Å². The third kappa shape index (κ3) is 2.17. The van der Waals surface area contributed by atoms with Crippen molar-refractivity contribution in [1.82, 2.24) is 4.90 Å². The van der Waals surface area contributed by atoms with E-state index < -0.39 is 0 Å². The highest BCUT2D eigenvalue weighted by Crippen LogP contribution is 2.66. The summed E-state index contributed by atoms with van der Waals surface area (Å²) in [5.41, 5.74) is 7.28. The summed E-state index contributed by atoms with van der Waals surface area (Å²) in [6.45, 7) is 4.91. The summed E-state index contributed by atoms with van der Waals surface area (Å²) < 4.78 is 6.59. The summed E-state index contributed by atoms with van der Waals surface area (Å²) in [5, 5.41) is 0. The maximum atomic E-state index is 14.3. The fourth-order valence-electron chi connectivity index (χ4n) is 8.43. The Labute approximate surface area is 194 Å². The molecule has 6 aliphatic rings. The fraction of sp³-hybridized carbons (Fsp3) is 0.414. The van der Waals surface area contributed by atoms with Crippen LogP contribution in [0.15, 0.2) is 65.8 Å². The van der Waals surface area contributed by atoms with Crippen molar-refractivity contribution in [3.05, 3.63) is 82.4 Å². The molecule has 1 spiro atoms. The van der Waals surface area contributed by atoms with Gasteiger partial charge in [0.25, 0.3) is 5.91 Å². The van der Waals surface area contributed by atoms with Crippen LogP contribution >= 0.6 is 0 Å². The van der Waals surface area contributed by atoms with E-state index in [2.05, 4.69) is 77.4 Å². The minimum Gasteiger partial charge on any atom is -0.369 e. The number of aryl methyl sites for hydroxylation is 1. The smallest absolute Gasteiger partial charge is 0.257 e. The van der Waals surface area contributed by atoms with Crippen LogP contribution in [0.2, 0.25) is 0 Å². The molecule has 5 heterocycles. The van der Waals surface area contributed by atoms with Gasteiger partial charge in [-0.3, -0.25) is 9.69 Å². The number of piperidine rings is 2. The van der Waals surface area contributed by atoms with Crippen LogP contribution in [0.5, 0.6) is 0 Å². The topological polar surface area (TPSA) is 32.8 Å². The molecule has 8 rings (SSSR count). The van der Waals surface area contributed by atoms with Gasteiger partial charge in [-0.2, -0.15) is 0 Å². The van der Waals surface area contributed by atoms with E-state index in [-0.39, 0.29) is 23.5 Å². The van der Waals surface area contributed by atoms with Crippen LogP contribution in [-0.2, 0) is 14.9 Å². The normalized spacial score (nSPS) is 38.9. The number of benzene rings is 2. The van der Waals surface area contributed by atoms with E-state index in [1.165, 1.54) is 17.5 Å². The molecule has 0 N–H and O–H groups in total. The number of carbonyl (C=O) groups excluding carboxylic acids is 1. The van der Waals surface area contributed by atoms with Crippen molar-refractivity contribution in [3.63, 3.8) is 0 Å². The zero-order chi connectivity index (χ0) is 21.9. The maximum Gasteiger partial charge on any atom is 0.257 e. The minimum atomic E-state index is -0.141. The summed E-state index contributed by atoms with van der Waals surface area (Å²) >= 11 is 0. The molecule has 1 amide bonds. The Morgan fingerprint density at radius 3 is 2.85 bits per heavy atom. The molecule has 6 atom stereocenters. The van der Waals surface area contributed by atoms with Crippen LogP contribution in [0.4, 0.5) is 5.69 Å². The lowest BCUT2D eigenvalue weighted by atomic mass is 9.53. The highest BCUT2D eigenvalue weighted by Gasteiger charge is 2.71. The summed E-state index contributed by atoms with van der Waals surface area (Å²) in [7, 11) is 0. The molecule has 2 bridgehead atoms. The number of hydrogen-bond acceptors (Lipinski definition) is 3. The van der Waals surface area contributed by atoms with Gasteiger partial charge in [0.1, 0.15) is 0 Å². The van der Waals surface area contributed by atoms with Crippen molar-refractivity contribution < 1.29 is 9.53 Å². The van der Waals surface area contributed by atoms with Gasteiger partial charge < -0.3 is 9.64 Å². The summed E-state index contributed by atoms with van der Waals surface area (Å²) in [4.78, 5) is 19.2. The van der Waals surface area contributed by atoms with E-state index in [0.29, 0.717) is 24.5 Å². The lowest BCUT2D eigenvalue weighted by Gasteiger charge is -2.59. The first kappa shape index (κ1) is 18.7. The second kappa shape index (κ2) is 6.25. The molecule has 5 aliphatic heterocycles. The Balaban J connectivity index is 1.38. The minimum absolute atomic E-state index is 0.0420. The Kier molecular flexibility index (Phi) is 3.54. The number of anilines is 1. The number of amides is 1. The zero-order valence-corrected chi connectivity index (χ0v) is 18.9. The Bertz CT molecular complexity index is 1260. The van der Waals surface area contributed by atoms with Crippen LogP contribution in [-0.4, -0.2) is 48.7 Å². The Morgan fingerprint density at radius 1 is 1.12 bits per heavy atom. The molecule has 0 radical (unpaired) electrons. The van der Waals surface area contributed by atoms with Gasteiger partial charge in [0.05, 0.1) is 18.8 Å². The van der Waals surface area contributed by atoms with Crippen LogP contribution < -0.4 is 4.90 Å². The van der Waals surface area contributed by atoms with E-state index in [9.17, 15) is 4.79 Å². The third-order valence-corrected chi connectivity index (χ3v) is 9.63. The number of carbonyl (C=O) groups is 1. The van der Waals surface area contributed by atoms with Crippen molar-refractivity contribution in [2.24, 2.45) is 11.8 Å². The highest BCUT2D eigenvalue weighted by atomic mass is 16.5. The van der Waals surface area contributed by atoms with Gasteiger partial charge >= 0.3 is 0 Å². The van der Waals surface area contributed by atoms with Crippen molar-refractivity contribution in [2.45, 2.75) is 43.4 Å². The molecular formula is C29H28N2O2. The second-order valence-electron chi connectivity index (χ2n) is 10.9. The van der Waals surface area contributed by atoms with Crippen molar-refractivity contribution in [1.29, 1.82) is 0 Å².